The molecule has 0 bridgehead atoms. The van der Waals surface area contributed by atoms with Crippen molar-refractivity contribution in [2.45, 2.75) is 46.3 Å². The normalized spacial score (nSPS) is 14.2. The molecule has 0 aliphatic carbocycles. The Balaban J connectivity index is 2.77. The Morgan fingerprint density at radius 3 is 2.29 bits per heavy atom. The van der Waals surface area contributed by atoms with Gasteiger partial charge in [-0.2, -0.15) is 0 Å². The van der Waals surface area contributed by atoms with Crippen LogP contribution in [0.1, 0.15) is 41.8 Å². The predicted molar refractivity (Wildman–Crippen MR) is 69.1 cm³/mol. The molecular weight excluding hydrogens is 214 g/mol. The smallest absolute Gasteiger partial charge is 0.252 e. The lowest BCUT2D eigenvalue weighted by Crippen LogP contribution is -2.35. The molecule has 1 amide bonds. The first-order valence-corrected chi connectivity index (χ1v) is 5.97. The minimum absolute atomic E-state index is 0.0264. The summed E-state index contributed by atoms with van der Waals surface area (Å²) < 4.78 is 0. The summed E-state index contributed by atoms with van der Waals surface area (Å²) in [5, 5.41) is 12.2. The first-order valence-electron chi connectivity index (χ1n) is 5.97. The van der Waals surface area contributed by atoms with Gasteiger partial charge < -0.3 is 10.4 Å². The van der Waals surface area contributed by atoms with Gasteiger partial charge in [0.15, 0.2) is 0 Å². The van der Waals surface area contributed by atoms with Crippen LogP contribution >= 0.6 is 0 Å². The van der Waals surface area contributed by atoms with E-state index in [-0.39, 0.29) is 11.9 Å². The molecule has 1 aromatic carbocycles. The van der Waals surface area contributed by atoms with Gasteiger partial charge in [-0.15, -0.1) is 0 Å². The Bertz CT molecular complexity index is 379. The average molecular weight is 235 g/mol. The first kappa shape index (κ1) is 13.7. The molecule has 2 N–H and O–H groups in total. The maximum Gasteiger partial charge on any atom is 0.252 e. The number of hydrogen-bond acceptors (Lipinski definition) is 2. The van der Waals surface area contributed by atoms with Crippen LogP contribution in [0.2, 0.25) is 0 Å². The number of aliphatic hydroxyl groups excluding tert-OH is 1. The highest BCUT2D eigenvalue weighted by Gasteiger charge is 2.15. The summed E-state index contributed by atoms with van der Waals surface area (Å²) in [6.07, 6.45) is 0.166. The van der Waals surface area contributed by atoms with Crippen LogP contribution in [-0.4, -0.2) is 23.2 Å². The Kier molecular flexibility index (Phi) is 4.70. The van der Waals surface area contributed by atoms with E-state index < -0.39 is 6.10 Å². The summed E-state index contributed by atoms with van der Waals surface area (Å²) in [6, 6.07) is 5.78. The molecule has 0 radical (unpaired) electrons. The summed E-state index contributed by atoms with van der Waals surface area (Å²) in [5.74, 6) is -0.0613. The quantitative estimate of drug-likeness (QED) is 0.840. The van der Waals surface area contributed by atoms with Crippen LogP contribution in [0.5, 0.6) is 0 Å². The molecule has 3 heteroatoms. The Morgan fingerprint density at radius 2 is 1.82 bits per heavy atom. The van der Waals surface area contributed by atoms with E-state index in [9.17, 15) is 9.90 Å². The van der Waals surface area contributed by atoms with Gasteiger partial charge in [-0.05, 0) is 45.2 Å². The highest BCUT2D eigenvalue weighted by atomic mass is 16.3. The minimum atomic E-state index is -0.400. The molecule has 1 aromatic rings. The van der Waals surface area contributed by atoms with Crippen molar-refractivity contribution >= 4 is 5.91 Å². The zero-order valence-electron chi connectivity index (χ0n) is 10.9. The number of carbonyl (C=O) groups excluding carboxylic acids is 1. The third-order valence-electron chi connectivity index (χ3n) is 2.78. The molecule has 0 saturated heterocycles. The fraction of sp³-hybridized carbons (Fsp3) is 0.500. The van der Waals surface area contributed by atoms with E-state index in [1.807, 2.05) is 39.0 Å². The van der Waals surface area contributed by atoms with Gasteiger partial charge in [0.2, 0.25) is 0 Å². The number of aliphatic hydroxyl groups is 1. The van der Waals surface area contributed by atoms with E-state index in [0.717, 1.165) is 16.7 Å². The van der Waals surface area contributed by atoms with Crippen LogP contribution in [0.15, 0.2) is 18.2 Å². The maximum absolute atomic E-state index is 12.1. The number of hydrogen-bond donors (Lipinski definition) is 2. The van der Waals surface area contributed by atoms with Crippen LogP contribution in [0, 0.1) is 13.8 Å². The molecule has 0 aliphatic heterocycles. The number of rotatable bonds is 4. The van der Waals surface area contributed by atoms with Crippen molar-refractivity contribution in [2.24, 2.45) is 0 Å². The zero-order valence-corrected chi connectivity index (χ0v) is 10.9. The maximum atomic E-state index is 12.1. The van der Waals surface area contributed by atoms with Crippen molar-refractivity contribution in [3.63, 3.8) is 0 Å². The molecule has 1 rings (SSSR count). The van der Waals surface area contributed by atoms with Crippen molar-refractivity contribution in [2.75, 3.05) is 0 Å². The molecule has 0 spiro atoms. The fourth-order valence-corrected chi connectivity index (χ4v) is 2.04. The van der Waals surface area contributed by atoms with E-state index >= 15 is 0 Å². The average Bonchev–Trinajstić information content (AvgIpc) is 2.15. The van der Waals surface area contributed by atoms with Gasteiger partial charge in [0.05, 0.1) is 6.10 Å². The molecule has 17 heavy (non-hydrogen) atoms. The Morgan fingerprint density at radius 1 is 1.29 bits per heavy atom. The van der Waals surface area contributed by atoms with Crippen molar-refractivity contribution in [3.8, 4) is 0 Å². The fourth-order valence-electron chi connectivity index (χ4n) is 2.04. The molecule has 0 aliphatic rings. The minimum Gasteiger partial charge on any atom is -0.393 e. The molecule has 0 aromatic heterocycles. The monoisotopic (exact) mass is 235 g/mol. The number of aryl methyl sites for hydroxylation is 2. The van der Waals surface area contributed by atoms with E-state index in [2.05, 4.69) is 5.32 Å². The number of carbonyl (C=O) groups is 1. The largest absolute Gasteiger partial charge is 0.393 e. The van der Waals surface area contributed by atoms with Crippen LogP contribution in [0.4, 0.5) is 0 Å². The van der Waals surface area contributed by atoms with Crippen molar-refractivity contribution in [1.82, 2.24) is 5.32 Å². The van der Waals surface area contributed by atoms with Crippen LogP contribution in [0.3, 0.4) is 0 Å². The lowest BCUT2D eigenvalue weighted by molar-refractivity contribution is 0.0922. The van der Waals surface area contributed by atoms with Crippen molar-refractivity contribution in [3.05, 3.63) is 34.9 Å². The van der Waals surface area contributed by atoms with Crippen molar-refractivity contribution < 1.29 is 9.90 Å². The number of amides is 1. The molecule has 0 fully saturated rings. The summed E-state index contributed by atoms with van der Waals surface area (Å²) in [4.78, 5) is 12.1. The van der Waals surface area contributed by atoms with E-state index in [4.69, 9.17) is 0 Å². The molecule has 3 nitrogen and oxygen atoms in total. The van der Waals surface area contributed by atoms with Crippen LogP contribution in [0.25, 0.3) is 0 Å². The molecular formula is C14H21NO2. The first-order chi connectivity index (χ1) is 7.91. The third kappa shape index (κ3) is 3.86. The number of nitrogens with one attached hydrogen (secondary N) is 1. The second kappa shape index (κ2) is 5.82. The summed E-state index contributed by atoms with van der Waals surface area (Å²) in [6.45, 7) is 7.49. The molecule has 0 heterocycles. The second-order valence-electron chi connectivity index (χ2n) is 4.73. The van der Waals surface area contributed by atoms with Gasteiger partial charge in [-0.3, -0.25) is 4.79 Å². The highest BCUT2D eigenvalue weighted by Crippen LogP contribution is 2.13. The SMILES string of the molecule is Cc1cccc(C)c1C(=O)NC(C)CC(C)O. The summed E-state index contributed by atoms with van der Waals surface area (Å²) in [7, 11) is 0. The standard InChI is InChI=1S/C14H21NO2/c1-9-6-5-7-10(2)13(9)14(17)15-11(3)8-12(4)16/h5-7,11-12,16H,8H2,1-4H3,(H,15,17). The van der Waals surface area contributed by atoms with Gasteiger partial charge in [0.25, 0.3) is 5.91 Å². The molecule has 2 unspecified atom stereocenters. The lowest BCUT2D eigenvalue weighted by Gasteiger charge is -2.17. The Labute approximate surface area is 103 Å². The third-order valence-corrected chi connectivity index (χ3v) is 2.78. The van der Waals surface area contributed by atoms with Gasteiger partial charge in [-0.25, -0.2) is 0 Å². The van der Waals surface area contributed by atoms with Crippen molar-refractivity contribution in [1.29, 1.82) is 0 Å². The van der Waals surface area contributed by atoms with Crippen LogP contribution < -0.4 is 5.32 Å². The lowest BCUT2D eigenvalue weighted by atomic mass is 10.0. The van der Waals surface area contributed by atoms with Gasteiger partial charge >= 0.3 is 0 Å². The van der Waals surface area contributed by atoms with E-state index in [1.54, 1.807) is 6.92 Å². The van der Waals surface area contributed by atoms with Crippen LogP contribution in [-0.2, 0) is 0 Å². The van der Waals surface area contributed by atoms with Gasteiger partial charge in [-0.1, -0.05) is 18.2 Å². The second-order valence-corrected chi connectivity index (χ2v) is 4.73. The summed E-state index contributed by atoms with van der Waals surface area (Å²) >= 11 is 0. The predicted octanol–water partition coefficient (Wildman–Crippen LogP) is 2.19. The van der Waals surface area contributed by atoms with E-state index in [0.29, 0.717) is 6.42 Å². The number of benzene rings is 1. The molecule has 94 valence electrons. The Hall–Kier alpha value is -1.35. The van der Waals surface area contributed by atoms with E-state index in [1.165, 1.54) is 0 Å². The topological polar surface area (TPSA) is 49.3 Å². The highest BCUT2D eigenvalue weighted by molar-refractivity contribution is 5.97. The zero-order chi connectivity index (χ0) is 13.0. The summed E-state index contributed by atoms with van der Waals surface area (Å²) in [5.41, 5.74) is 2.70. The molecule has 2 atom stereocenters. The molecule has 0 saturated carbocycles. The van der Waals surface area contributed by atoms with Gasteiger partial charge in [0.1, 0.15) is 0 Å². The van der Waals surface area contributed by atoms with Gasteiger partial charge in [0, 0.05) is 11.6 Å².